The van der Waals surface area contributed by atoms with Crippen molar-refractivity contribution in [2.45, 2.75) is 19.2 Å². The molecule has 0 aromatic heterocycles. The molecule has 1 aliphatic heterocycles. The first-order valence-corrected chi connectivity index (χ1v) is 4.64. The van der Waals surface area contributed by atoms with Crippen LogP contribution in [0.15, 0.2) is 24.3 Å². The standard InChI is InChI=1S/C10H8F3NO2/c11-10(12,13)16-14-8-4-2-1-3-7(8)5-6-9(14)15/h1-4H,5-6H2. The van der Waals surface area contributed by atoms with Crippen LogP contribution in [0.5, 0.6) is 0 Å². The molecule has 1 aromatic rings. The number of anilines is 1. The number of halogens is 3. The average Bonchev–Trinajstić information content (AvgIpc) is 2.21. The number of alkyl halides is 3. The lowest BCUT2D eigenvalue weighted by Crippen LogP contribution is -2.39. The second kappa shape index (κ2) is 3.79. The minimum atomic E-state index is -4.86. The molecule has 1 heterocycles. The molecular formula is C10H8F3NO2. The van der Waals surface area contributed by atoms with Gasteiger partial charge in [-0.3, -0.25) is 4.79 Å². The maximum atomic E-state index is 12.1. The number of hydrogen-bond donors (Lipinski definition) is 0. The van der Waals surface area contributed by atoms with E-state index in [1.807, 2.05) is 0 Å². The largest absolute Gasteiger partial charge is 0.544 e. The number of fused-ring (bicyclic) bond motifs is 1. The Bertz CT molecular complexity index is 417. The zero-order valence-corrected chi connectivity index (χ0v) is 8.12. The zero-order chi connectivity index (χ0) is 11.8. The third-order valence-corrected chi connectivity index (χ3v) is 2.24. The fourth-order valence-electron chi connectivity index (χ4n) is 1.60. The molecule has 86 valence electrons. The first kappa shape index (κ1) is 10.9. The molecule has 0 bridgehead atoms. The summed E-state index contributed by atoms with van der Waals surface area (Å²) in [6.45, 7) is 0. The Morgan fingerprint density at radius 1 is 1.19 bits per heavy atom. The summed E-state index contributed by atoms with van der Waals surface area (Å²) in [6.07, 6.45) is -4.40. The first-order valence-electron chi connectivity index (χ1n) is 4.64. The molecule has 6 heteroatoms. The molecule has 3 nitrogen and oxygen atoms in total. The highest BCUT2D eigenvalue weighted by atomic mass is 19.4. The number of benzene rings is 1. The average molecular weight is 231 g/mol. The normalized spacial score (nSPS) is 16.2. The van der Waals surface area contributed by atoms with Crippen LogP contribution in [-0.2, 0) is 16.1 Å². The maximum Gasteiger partial charge on any atom is 0.544 e. The van der Waals surface area contributed by atoms with Crippen LogP contribution in [0.25, 0.3) is 0 Å². The van der Waals surface area contributed by atoms with Crippen LogP contribution < -0.4 is 5.06 Å². The van der Waals surface area contributed by atoms with Gasteiger partial charge in [0.15, 0.2) is 0 Å². The Balaban J connectivity index is 2.33. The summed E-state index contributed by atoms with van der Waals surface area (Å²) >= 11 is 0. The number of carbonyl (C=O) groups is 1. The minimum absolute atomic E-state index is 0.0209. The maximum absolute atomic E-state index is 12.1. The number of para-hydroxylation sites is 1. The number of aryl methyl sites for hydroxylation is 1. The van der Waals surface area contributed by atoms with Crippen molar-refractivity contribution in [2.24, 2.45) is 0 Å². The Morgan fingerprint density at radius 3 is 2.56 bits per heavy atom. The monoisotopic (exact) mass is 231 g/mol. The molecule has 1 aromatic carbocycles. The van der Waals surface area contributed by atoms with Crippen molar-refractivity contribution < 1.29 is 22.8 Å². The van der Waals surface area contributed by atoms with Crippen LogP contribution in [0, 0.1) is 0 Å². The molecule has 1 aliphatic rings. The van der Waals surface area contributed by atoms with Gasteiger partial charge in [0.25, 0.3) is 5.91 Å². The van der Waals surface area contributed by atoms with Gasteiger partial charge in [-0.2, -0.15) is 9.90 Å². The van der Waals surface area contributed by atoms with Crippen molar-refractivity contribution in [3.8, 4) is 0 Å². The molecular weight excluding hydrogens is 223 g/mol. The van der Waals surface area contributed by atoms with Gasteiger partial charge in [-0.15, -0.1) is 13.2 Å². The van der Waals surface area contributed by atoms with E-state index in [4.69, 9.17) is 0 Å². The van der Waals surface area contributed by atoms with Crippen molar-refractivity contribution in [3.63, 3.8) is 0 Å². The number of amides is 1. The molecule has 0 radical (unpaired) electrons. The lowest BCUT2D eigenvalue weighted by Gasteiger charge is -2.28. The third-order valence-electron chi connectivity index (χ3n) is 2.24. The molecule has 0 spiro atoms. The number of rotatable bonds is 1. The Labute approximate surface area is 89.4 Å². The highest BCUT2D eigenvalue weighted by Gasteiger charge is 2.38. The van der Waals surface area contributed by atoms with E-state index in [9.17, 15) is 18.0 Å². The van der Waals surface area contributed by atoms with E-state index in [1.165, 1.54) is 6.07 Å². The minimum Gasteiger partial charge on any atom is -0.272 e. The van der Waals surface area contributed by atoms with Crippen LogP contribution in [-0.4, -0.2) is 12.3 Å². The van der Waals surface area contributed by atoms with Crippen LogP contribution in [0.4, 0.5) is 18.9 Å². The highest BCUT2D eigenvalue weighted by Crippen LogP contribution is 2.31. The quantitative estimate of drug-likeness (QED) is 0.742. The molecule has 0 saturated carbocycles. The van der Waals surface area contributed by atoms with Gasteiger partial charge in [-0.1, -0.05) is 18.2 Å². The third kappa shape index (κ3) is 2.16. The summed E-state index contributed by atoms with van der Waals surface area (Å²) in [7, 11) is 0. The van der Waals surface area contributed by atoms with E-state index in [2.05, 4.69) is 4.84 Å². The van der Waals surface area contributed by atoms with E-state index < -0.39 is 12.3 Å². The van der Waals surface area contributed by atoms with E-state index in [-0.39, 0.29) is 12.1 Å². The molecule has 0 aliphatic carbocycles. The molecule has 16 heavy (non-hydrogen) atoms. The fourth-order valence-corrected chi connectivity index (χ4v) is 1.60. The summed E-state index contributed by atoms with van der Waals surface area (Å²) < 4.78 is 36.3. The lowest BCUT2D eigenvalue weighted by molar-refractivity contribution is -0.327. The van der Waals surface area contributed by atoms with Crippen molar-refractivity contribution in [2.75, 3.05) is 5.06 Å². The molecule has 0 unspecified atom stereocenters. The number of nitrogens with zero attached hydrogens (tertiary/aromatic N) is 1. The fraction of sp³-hybridized carbons (Fsp3) is 0.300. The highest BCUT2D eigenvalue weighted by molar-refractivity contribution is 5.94. The van der Waals surface area contributed by atoms with Gasteiger partial charge in [-0.05, 0) is 18.1 Å². The predicted molar refractivity (Wildman–Crippen MR) is 49.4 cm³/mol. The summed E-state index contributed by atoms with van der Waals surface area (Å²) in [5.74, 6) is -0.684. The summed E-state index contributed by atoms with van der Waals surface area (Å²) in [4.78, 5) is 15.0. The summed E-state index contributed by atoms with van der Waals surface area (Å²) in [5.41, 5.74) is 0.836. The summed E-state index contributed by atoms with van der Waals surface area (Å²) in [6, 6.07) is 6.37. The van der Waals surface area contributed by atoms with Gasteiger partial charge in [0, 0.05) is 6.42 Å². The number of hydroxylamine groups is 1. The van der Waals surface area contributed by atoms with Crippen molar-refractivity contribution in [1.29, 1.82) is 0 Å². The lowest BCUT2D eigenvalue weighted by atomic mass is 10.0. The molecule has 1 amide bonds. The Hall–Kier alpha value is -1.56. The summed E-state index contributed by atoms with van der Waals surface area (Å²) in [5, 5.41) is 0.318. The van der Waals surface area contributed by atoms with Crippen molar-refractivity contribution in [3.05, 3.63) is 29.8 Å². The van der Waals surface area contributed by atoms with E-state index in [0.29, 0.717) is 17.0 Å². The predicted octanol–water partition coefficient (Wildman–Crippen LogP) is 2.42. The number of carbonyl (C=O) groups excluding carboxylic acids is 1. The Kier molecular flexibility index (Phi) is 2.59. The first-order chi connectivity index (χ1) is 7.47. The SMILES string of the molecule is O=C1CCc2ccccc2N1OC(F)(F)F. The molecule has 0 fully saturated rings. The van der Waals surface area contributed by atoms with Crippen LogP contribution >= 0.6 is 0 Å². The van der Waals surface area contributed by atoms with Gasteiger partial charge in [0.2, 0.25) is 0 Å². The molecule has 0 saturated heterocycles. The van der Waals surface area contributed by atoms with Crippen molar-refractivity contribution in [1.82, 2.24) is 0 Å². The molecule has 0 atom stereocenters. The van der Waals surface area contributed by atoms with E-state index >= 15 is 0 Å². The van der Waals surface area contributed by atoms with Crippen LogP contribution in [0.3, 0.4) is 0 Å². The van der Waals surface area contributed by atoms with Gasteiger partial charge < -0.3 is 0 Å². The second-order valence-electron chi connectivity index (χ2n) is 3.35. The second-order valence-corrected chi connectivity index (χ2v) is 3.35. The van der Waals surface area contributed by atoms with Crippen LogP contribution in [0.2, 0.25) is 0 Å². The van der Waals surface area contributed by atoms with Gasteiger partial charge in [0.05, 0.1) is 5.69 Å². The van der Waals surface area contributed by atoms with Gasteiger partial charge in [0.1, 0.15) is 0 Å². The van der Waals surface area contributed by atoms with Gasteiger partial charge in [-0.25, -0.2) is 0 Å². The Morgan fingerprint density at radius 2 is 1.88 bits per heavy atom. The van der Waals surface area contributed by atoms with Gasteiger partial charge >= 0.3 is 6.36 Å². The van der Waals surface area contributed by atoms with E-state index in [1.54, 1.807) is 18.2 Å². The van der Waals surface area contributed by atoms with E-state index in [0.717, 1.165) is 0 Å². The molecule has 2 rings (SSSR count). The number of hydrogen-bond acceptors (Lipinski definition) is 2. The van der Waals surface area contributed by atoms with Crippen molar-refractivity contribution >= 4 is 11.6 Å². The molecule has 0 N–H and O–H groups in total. The zero-order valence-electron chi connectivity index (χ0n) is 8.12. The van der Waals surface area contributed by atoms with Crippen LogP contribution in [0.1, 0.15) is 12.0 Å². The smallest absolute Gasteiger partial charge is 0.272 e. The topological polar surface area (TPSA) is 29.5 Å².